The molecular formula is C8H12N2S. The van der Waals surface area contributed by atoms with Gasteiger partial charge in [0.2, 0.25) is 0 Å². The Hall–Kier alpha value is -0.440. The molecule has 1 N–H and O–H groups in total. The Balaban J connectivity index is 1.90. The summed E-state index contributed by atoms with van der Waals surface area (Å²) in [5.41, 5.74) is 1.29. The molecule has 0 aliphatic carbocycles. The molecule has 1 aliphatic heterocycles. The third-order valence-electron chi connectivity index (χ3n) is 2.09. The van der Waals surface area contributed by atoms with Crippen LogP contribution < -0.4 is 0 Å². The van der Waals surface area contributed by atoms with E-state index in [-0.39, 0.29) is 0 Å². The number of nitrogens with zero attached hydrogens (tertiary/aromatic N) is 1. The quantitative estimate of drug-likeness (QED) is 0.728. The lowest BCUT2D eigenvalue weighted by Crippen LogP contribution is -2.02. The second-order valence-corrected chi connectivity index (χ2v) is 4.16. The van der Waals surface area contributed by atoms with Crippen molar-refractivity contribution < 1.29 is 0 Å². The summed E-state index contributed by atoms with van der Waals surface area (Å²) in [4.78, 5) is 7.15. The van der Waals surface area contributed by atoms with Crippen molar-refractivity contribution in [1.29, 1.82) is 0 Å². The number of imidazole rings is 1. The second-order valence-electron chi connectivity index (χ2n) is 3.01. The van der Waals surface area contributed by atoms with E-state index in [0.717, 1.165) is 5.92 Å². The first-order chi connectivity index (χ1) is 5.45. The highest BCUT2D eigenvalue weighted by molar-refractivity contribution is 7.99. The van der Waals surface area contributed by atoms with Crippen molar-refractivity contribution in [3.8, 4) is 0 Å². The molecule has 11 heavy (non-hydrogen) atoms. The number of aromatic nitrogens is 2. The van der Waals surface area contributed by atoms with Crippen molar-refractivity contribution in [2.75, 3.05) is 11.5 Å². The molecule has 0 bridgehead atoms. The molecule has 1 fully saturated rings. The molecule has 2 rings (SSSR count). The van der Waals surface area contributed by atoms with Gasteiger partial charge in [-0.25, -0.2) is 4.98 Å². The smallest absolute Gasteiger partial charge is 0.0921 e. The molecule has 1 aliphatic rings. The molecule has 1 aromatic rings. The molecule has 0 aromatic carbocycles. The van der Waals surface area contributed by atoms with E-state index in [4.69, 9.17) is 0 Å². The van der Waals surface area contributed by atoms with Gasteiger partial charge in [-0.2, -0.15) is 11.8 Å². The number of thioether (sulfide) groups is 1. The molecule has 0 spiro atoms. The number of hydrogen-bond acceptors (Lipinski definition) is 2. The lowest BCUT2D eigenvalue weighted by molar-refractivity contribution is 0.588. The van der Waals surface area contributed by atoms with Gasteiger partial charge in [0.25, 0.3) is 0 Å². The van der Waals surface area contributed by atoms with Crippen LogP contribution in [0.15, 0.2) is 12.5 Å². The molecule has 1 saturated heterocycles. The summed E-state index contributed by atoms with van der Waals surface area (Å²) < 4.78 is 0. The average Bonchev–Trinajstić information content (AvgIpc) is 2.60. The van der Waals surface area contributed by atoms with Crippen LogP contribution in [-0.4, -0.2) is 21.5 Å². The topological polar surface area (TPSA) is 28.7 Å². The van der Waals surface area contributed by atoms with Crippen LogP contribution >= 0.6 is 11.8 Å². The summed E-state index contributed by atoms with van der Waals surface area (Å²) in [5, 5.41) is 0. The first-order valence-corrected chi connectivity index (χ1v) is 5.15. The van der Waals surface area contributed by atoms with Crippen LogP contribution in [0.2, 0.25) is 0 Å². The first-order valence-electron chi connectivity index (χ1n) is 4.00. The Morgan fingerprint density at radius 2 is 2.73 bits per heavy atom. The summed E-state index contributed by atoms with van der Waals surface area (Å²) in [5.74, 6) is 3.57. The lowest BCUT2D eigenvalue weighted by Gasteiger charge is -2.03. The van der Waals surface area contributed by atoms with Gasteiger partial charge in [-0.05, 0) is 30.3 Å². The van der Waals surface area contributed by atoms with E-state index in [1.807, 2.05) is 6.20 Å². The summed E-state index contributed by atoms with van der Waals surface area (Å²) in [6.45, 7) is 0. The normalized spacial score (nSPS) is 24.2. The Morgan fingerprint density at radius 3 is 3.36 bits per heavy atom. The minimum absolute atomic E-state index is 0.889. The Labute approximate surface area is 70.8 Å². The van der Waals surface area contributed by atoms with E-state index >= 15 is 0 Å². The summed E-state index contributed by atoms with van der Waals surface area (Å²) >= 11 is 2.07. The van der Waals surface area contributed by atoms with Crippen LogP contribution in [0.1, 0.15) is 12.1 Å². The molecule has 0 radical (unpaired) electrons. The van der Waals surface area contributed by atoms with Gasteiger partial charge in [0, 0.05) is 11.9 Å². The molecule has 1 atom stereocenters. The minimum Gasteiger partial charge on any atom is -0.348 e. The Bertz CT molecular complexity index is 202. The fraction of sp³-hybridized carbons (Fsp3) is 0.625. The van der Waals surface area contributed by atoms with Gasteiger partial charge >= 0.3 is 0 Å². The molecule has 60 valence electrons. The van der Waals surface area contributed by atoms with Crippen LogP contribution in [0.25, 0.3) is 0 Å². The van der Waals surface area contributed by atoms with Gasteiger partial charge < -0.3 is 4.98 Å². The van der Waals surface area contributed by atoms with Crippen molar-refractivity contribution >= 4 is 11.8 Å². The van der Waals surface area contributed by atoms with Gasteiger partial charge in [-0.1, -0.05) is 0 Å². The van der Waals surface area contributed by atoms with E-state index in [2.05, 4.69) is 21.7 Å². The predicted octanol–water partition coefficient (Wildman–Crippen LogP) is 1.71. The van der Waals surface area contributed by atoms with Crippen molar-refractivity contribution in [2.24, 2.45) is 5.92 Å². The summed E-state index contributed by atoms with van der Waals surface area (Å²) in [6.07, 6.45) is 6.26. The number of H-pyrrole nitrogens is 1. The van der Waals surface area contributed by atoms with Gasteiger partial charge in [0.1, 0.15) is 0 Å². The number of nitrogens with one attached hydrogen (secondary N) is 1. The van der Waals surface area contributed by atoms with Crippen molar-refractivity contribution in [3.63, 3.8) is 0 Å². The maximum Gasteiger partial charge on any atom is 0.0921 e. The second kappa shape index (κ2) is 3.30. The van der Waals surface area contributed by atoms with Gasteiger partial charge in [-0.15, -0.1) is 0 Å². The highest BCUT2D eigenvalue weighted by atomic mass is 32.2. The maximum atomic E-state index is 4.00. The molecule has 2 heterocycles. The zero-order valence-electron chi connectivity index (χ0n) is 6.42. The lowest BCUT2D eigenvalue weighted by atomic mass is 10.0. The Kier molecular flexibility index (Phi) is 2.17. The highest BCUT2D eigenvalue weighted by Crippen LogP contribution is 2.25. The first kappa shape index (κ1) is 7.22. The molecule has 1 unspecified atom stereocenters. The average molecular weight is 168 g/mol. The van der Waals surface area contributed by atoms with E-state index in [0.29, 0.717) is 0 Å². The molecular weight excluding hydrogens is 156 g/mol. The number of rotatable bonds is 2. The van der Waals surface area contributed by atoms with Crippen molar-refractivity contribution in [1.82, 2.24) is 9.97 Å². The van der Waals surface area contributed by atoms with Gasteiger partial charge in [0.15, 0.2) is 0 Å². The fourth-order valence-electron chi connectivity index (χ4n) is 1.45. The largest absolute Gasteiger partial charge is 0.348 e. The van der Waals surface area contributed by atoms with E-state index < -0.39 is 0 Å². The number of hydrogen-bond donors (Lipinski definition) is 1. The molecule has 2 nitrogen and oxygen atoms in total. The third kappa shape index (κ3) is 1.77. The van der Waals surface area contributed by atoms with E-state index in [1.165, 1.54) is 30.0 Å². The van der Waals surface area contributed by atoms with Gasteiger partial charge in [0.05, 0.1) is 6.33 Å². The molecule has 3 heteroatoms. The van der Waals surface area contributed by atoms with Crippen LogP contribution in [-0.2, 0) is 6.42 Å². The minimum atomic E-state index is 0.889. The Morgan fingerprint density at radius 1 is 1.73 bits per heavy atom. The van der Waals surface area contributed by atoms with Crippen LogP contribution in [0, 0.1) is 5.92 Å². The van der Waals surface area contributed by atoms with Crippen LogP contribution in [0.3, 0.4) is 0 Å². The van der Waals surface area contributed by atoms with E-state index in [9.17, 15) is 0 Å². The zero-order chi connectivity index (χ0) is 7.52. The number of aromatic amines is 1. The molecule has 0 saturated carbocycles. The SMILES string of the molecule is c1ncc(CC2CCSC2)[nH]1. The maximum absolute atomic E-state index is 4.00. The fourth-order valence-corrected chi connectivity index (χ4v) is 2.74. The van der Waals surface area contributed by atoms with Crippen molar-refractivity contribution in [3.05, 3.63) is 18.2 Å². The highest BCUT2D eigenvalue weighted by Gasteiger charge is 2.15. The van der Waals surface area contributed by atoms with Crippen LogP contribution in [0.4, 0.5) is 0 Å². The summed E-state index contributed by atoms with van der Waals surface area (Å²) in [6, 6.07) is 0. The third-order valence-corrected chi connectivity index (χ3v) is 3.32. The summed E-state index contributed by atoms with van der Waals surface area (Å²) in [7, 11) is 0. The molecule has 1 aromatic heterocycles. The standard InChI is InChI=1S/C8H12N2S/c1-2-11-5-7(1)3-8-4-9-6-10-8/h4,6-7H,1-3,5H2,(H,9,10). The molecule has 0 amide bonds. The zero-order valence-corrected chi connectivity index (χ0v) is 7.23. The monoisotopic (exact) mass is 168 g/mol. The van der Waals surface area contributed by atoms with E-state index in [1.54, 1.807) is 6.33 Å². The van der Waals surface area contributed by atoms with Crippen molar-refractivity contribution in [2.45, 2.75) is 12.8 Å². The predicted molar refractivity (Wildman–Crippen MR) is 47.7 cm³/mol. The van der Waals surface area contributed by atoms with Crippen LogP contribution in [0.5, 0.6) is 0 Å². The van der Waals surface area contributed by atoms with Gasteiger partial charge in [-0.3, -0.25) is 0 Å².